The van der Waals surface area contributed by atoms with Gasteiger partial charge in [0.2, 0.25) is 0 Å². The molecule has 1 aromatic carbocycles. The summed E-state index contributed by atoms with van der Waals surface area (Å²) in [4.78, 5) is 10.6. The molecular formula is C12H14O2. The SMILES string of the molecule is CC/C(=C\C(=O)O)c1cccc(C)c1. The number of carbonyl (C=O) groups is 1. The third-order valence-corrected chi connectivity index (χ3v) is 2.07. The maximum absolute atomic E-state index is 10.6. The first-order chi connectivity index (χ1) is 6.63. The van der Waals surface area contributed by atoms with Crippen molar-refractivity contribution >= 4 is 11.5 Å². The van der Waals surface area contributed by atoms with Crippen LogP contribution in [0, 0.1) is 6.92 Å². The molecule has 74 valence electrons. The Hall–Kier alpha value is -1.57. The lowest BCUT2D eigenvalue weighted by atomic mass is 10.0. The number of benzene rings is 1. The van der Waals surface area contributed by atoms with Crippen molar-refractivity contribution in [1.29, 1.82) is 0 Å². The number of hydrogen-bond donors (Lipinski definition) is 1. The van der Waals surface area contributed by atoms with E-state index in [2.05, 4.69) is 0 Å². The first-order valence-corrected chi connectivity index (χ1v) is 4.64. The number of allylic oxidation sites excluding steroid dienone is 1. The molecule has 0 spiro atoms. The monoisotopic (exact) mass is 190 g/mol. The number of aliphatic carboxylic acids is 1. The summed E-state index contributed by atoms with van der Waals surface area (Å²) in [5.74, 6) is -0.886. The van der Waals surface area contributed by atoms with Crippen LogP contribution in [-0.4, -0.2) is 11.1 Å². The van der Waals surface area contributed by atoms with Gasteiger partial charge in [-0.05, 0) is 24.5 Å². The fourth-order valence-electron chi connectivity index (χ4n) is 1.38. The second kappa shape index (κ2) is 4.61. The molecule has 0 saturated heterocycles. The molecule has 0 bridgehead atoms. The minimum absolute atomic E-state index is 0.732. The molecule has 0 aliphatic carbocycles. The van der Waals surface area contributed by atoms with Gasteiger partial charge >= 0.3 is 5.97 Å². The van der Waals surface area contributed by atoms with Crippen LogP contribution in [0.4, 0.5) is 0 Å². The Morgan fingerprint density at radius 1 is 1.50 bits per heavy atom. The molecular weight excluding hydrogens is 176 g/mol. The summed E-state index contributed by atoms with van der Waals surface area (Å²) in [5, 5.41) is 8.67. The zero-order chi connectivity index (χ0) is 10.6. The van der Waals surface area contributed by atoms with Crippen molar-refractivity contribution < 1.29 is 9.90 Å². The van der Waals surface area contributed by atoms with Crippen LogP contribution >= 0.6 is 0 Å². The highest BCUT2D eigenvalue weighted by atomic mass is 16.4. The van der Waals surface area contributed by atoms with E-state index in [9.17, 15) is 4.79 Å². The quantitative estimate of drug-likeness (QED) is 0.744. The molecule has 2 heteroatoms. The van der Waals surface area contributed by atoms with E-state index in [1.807, 2.05) is 38.1 Å². The highest BCUT2D eigenvalue weighted by Crippen LogP contribution is 2.18. The standard InChI is InChI=1S/C12H14O2/c1-3-10(8-12(13)14)11-6-4-5-9(2)7-11/h4-8H,3H2,1-2H3,(H,13,14)/b10-8+. The van der Waals surface area contributed by atoms with Crippen molar-refractivity contribution in [2.24, 2.45) is 0 Å². The van der Waals surface area contributed by atoms with Crippen molar-refractivity contribution in [3.05, 3.63) is 41.5 Å². The lowest BCUT2D eigenvalue weighted by molar-refractivity contribution is -0.131. The molecule has 0 aromatic heterocycles. The smallest absolute Gasteiger partial charge is 0.328 e. The maximum Gasteiger partial charge on any atom is 0.328 e. The fraction of sp³-hybridized carbons (Fsp3) is 0.250. The van der Waals surface area contributed by atoms with Crippen molar-refractivity contribution in [2.45, 2.75) is 20.3 Å². The summed E-state index contributed by atoms with van der Waals surface area (Å²) >= 11 is 0. The Labute approximate surface area is 83.9 Å². The van der Waals surface area contributed by atoms with Gasteiger partial charge in [0.15, 0.2) is 0 Å². The molecule has 0 radical (unpaired) electrons. The van der Waals surface area contributed by atoms with Crippen LogP contribution in [0.5, 0.6) is 0 Å². The zero-order valence-electron chi connectivity index (χ0n) is 8.45. The molecule has 0 unspecified atom stereocenters. The minimum Gasteiger partial charge on any atom is -0.478 e. The number of carboxylic acid groups (broad SMARTS) is 1. The average Bonchev–Trinajstić information content (AvgIpc) is 2.14. The topological polar surface area (TPSA) is 37.3 Å². The van der Waals surface area contributed by atoms with Crippen molar-refractivity contribution in [1.82, 2.24) is 0 Å². The van der Waals surface area contributed by atoms with Gasteiger partial charge in [0, 0.05) is 6.08 Å². The highest BCUT2D eigenvalue weighted by Gasteiger charge is 2.01. The van der Waals surface area contributed by atoms with E-state index >= 15 is 0 Å². The molecule has 1 rings (SSSR count). The number of rotatable bonds is 3. The Morgan fingerprint density at radius 2 is 2.21 bits per heavy atom. The van der Waals surface area contributed by atoms with Crippen LogP contribution in [0.3, 0.4) is 0 Å². The summed E-state index contributed by atoms with van der Waals surface area (Å²) in [6.45, 7) is 3.95. The Morgan fingerprint density at radius 3 is 2.71 bits per heavy atom. The van der Waals surface area contributed by atoms with E-state index < -0.39 is 5.97 Å². The molecule has 2 nitrogen and oxygen atoms in total. The molecule has 0 amide bonds. The van der Waals surface area contributed by atoms with Gasteiger partial charge in [-0.15, -0.1) is 0 Å². The van der Waals surface area contributed by atoms with Gasteiger partial charge in [-0.3, -0.25) is 0 Å². The summed E-state index contributed by atoms with van der Waals surface area (Å²) in [5.41, 5.74) is 3.00. The molecule has 0 aliphatic rings. The van der Waals surface area contributed by atoms with Gasteiger partial charge in [-0.25, -0.2) is 4.79 Å². The van der Waals surface area contributed by atoms with E-state index in [0.29, 0.717) is 0 Å². The minimum atomic E-state index is -0.886. The molecule has 1 aromatic rings. The van der Waals surface area contributed by atoms with Crippen LogP contribution in [0.15, 0.2) is 30.3 Å². The zero-order valence-corrected chi connectivity index (χ0v) is 8.45. The van der Waals surface area contributed by atoms with Crippen LogP contribution in [-0.2, 0) is 4.79 Å². The van der Waals surface area contributed by atoms with Crippen molar-refractivity contribution in [2.75, 3.05) is 0 Å². The summed E-state index contributed by atoms with van der Waals surface area (Å²) < 4.78 is 0. The van der Waals surface area contributed by atoms with Gasteiger partial charge in [-0.2, -0.15) is 0 Å². The van der Waals surface area contributed by atoms with Gasteiger partial charge < -0.3 is 5.11 Å². The lowest BCUT2D eigenvalue weighted by Crippen LogP contribution is -1.92. The number of carboxylic acids is 1. The Balaban J connectivity index is 3.07. The Kier molecular flexibility index (Phi) is 3.46. The average molecular weight is 190 g/mol. The van der Waals surface area contributed by atoms with E-state index in [1.54, 1.807) is 0 Å². The first-order valence-electron chi connectivity index (χ1n) is 4.64. The second-order valence-electron chi connectivity index (χ2n) is 3.23. The van der Waals surface area contributed by atoms with Crippen LogP contribution in [0.2, 0.25) is 0 Å². The molecule has 1 N–H and O–H groups in total. The third-order valence-electron chi connectivity index (χ3n) is 2.07. The Bertz CT molecular complexity index is 364. The first kappa shape index (κ1) is 10.5. The van der Waals surface area contributed by atoms with Crippen LogP contribution < -0.4 is 0 Å². The van der Waals surface area contributed by atoms with E-state index in [0.717, 1.165) is 23.1 Å². The summed E-state index contributed by atoms with van der Waals surface area (Å²) in [7, 11) is 0. The van der Waals surface area contributed by atoms with Crippen LogP contribution in [0.1, 0.15) is 24.5 Å². The van der Waals surface area contributed by atoms with E-state index in [4.69, 9.17) is 5.11 Å². The molecule has 0 aliphatic heterocycles. The van der Waals surface area contributed by atoms with Crippen molar-refractivity contribution in [3.63, 3.8) is 0 Å². The van der Waals surface area contributed by atoms with Gasteiger partial charge in [0.05, 0.1) is 0 Å². The number of aryl methyl sites for hydroxylation is 1. The fourth-order valence-corrected chi connectivity index (χ4v) is 1.38. The largest absolute Gasteiger partial charge is 0.478 e. The lowest BCUT2D eigenvalue weighted by Gasteiger charge is -2.04. The van der Waals surface area contributed by atoms with Gasteiger partial charge in [-0.1, -0.05) is 36.8 Å². The predicted octanol–water partition coefficient (Wildman–Crippen LogP) is 2.87. The molecule has 14 heavy (non-hydrogen) atoms. The third kappa shape index (κ3) is 2.73. The summed E-state index contributed by atoms with van der Waals surface area (Å²) in [6, 6.07) is 7.87. The number of hydrogen-bond acceptors (Lipinski definition) is 1. The summed E-state index contributed by atoms with van der Waals surface area (Å²) in [6.07, 6.45) is 2.00. The molecule has 0 saturated carbocycles. The molecule has 0 atom stereocenters. The second-order valence-corrected chi connectivity index (χ2v) is 3.23. The van der Waals surface area contributed by atoms with E-state index in [-0.39, 0.29) is 0 Å². The van der Waals surface area contributed by atoms with Crippen molar-refractivity contribution in [3.8, 4) is 0 Å². The highest BCUT2D eigenvalue weighted by molar-refractivity contribution is 5.90. The van der Waals surface area contributed by atoms with E-state index in [1.165, 1.54) is 6.08 Å². The predicted molar refractivity (Wildman–Crippen MR) is 57.1 cm³/mol. The molecule has 0 heterocycles. The normalized spacial score (nSPS) is 11.4. The maximum atomic E-state index is 10.6. The van der Waals surface area contributed by atoms with Crippen LogP contribution in [0.25, 0.3) is 5.57 Å². The van der Waals surface area contributed by atoms with Gasteiger partial charge in [0.1, 0.15) is 0 Å². The molecule has 0 fully saturated rings. The van der Waals surface area contributed by atoms with Gasteiger partial charge in [0.25, 0.3) is 0 Å².